The predicted octanol–water partition coefficient (Wildman–Crippen LogP) is 16.0. The molecule has 6 nitrogen and oxygen atoms in total. The lowest BCUT2D eigenvalue weighted by molar-refractivity contribution is 0.666. The monoisotopic (exact) mass is 859 g/mol. The van der Waals surface area contributed by atoms with Gasteiger partial charge >= 0.3 is 0 Å². The fraction of sp³-hybridized carbons (Fsp3) is 0. The SMILES string of the molecule is c1ccc2cc3c(cc2c1)c1ccccc1n3-c1c(-c2nc(-c3ccc4sc5ccccc5c4c3)nc(-n3c4ccccc4c4ccccc43)n2)ccc2c1oc1ccc3ccccc3c12. The van der Waals surface area contributed by atoms with Gasteiger partial charge in [-0.2, -0.15) is 9.97 Å². The number of benzene rings is 10. The molecule has 15 rings (SSSR count). The number of thiophene rings is 1. The van der Waals surface area contributed by atoms with E-state index in [9.17, 15) is 0 Å². The zero-order valence-corrected chi connectivity index (χ0v) is 35.9. The molecular weight excluding hydrogens is 827 g/mol. The highest BCUT2D eigenvalue weighted by atomic mass is 32.1. The second kappa shape index (κ2) is 13.4. The van der Waals surface area contributed by atoms with Crippen molar-refractivity contribution in [1.82, 2.24) is 24.1 Å². The summed E-state index contributed by atoms with van der Waals surface area (Å²) in [4.78, 5) is 16.5. The number of aromatic nitrogens is 5. The summed E-state index contributed by atoms with van der Waals surface area (Å²) in [6.45, 7) is 0. The molecule has 0 aliphatic rings. The lowest BCUT2D eigenvalue weighted by atomic mass is 10.0. The van der Waals surface area contributed by atoms with E-state index in [2.05, 4.69) is 209 Å². The number of fused-ring (bicyclic) bond motifs is 15. The minimum absolute atomic E-state index is 0.539. The molecule has 7 heteroatoms. The molecule has 0 atom stereocenters. The summed E-state index contributed by atoms with van der Waals surface area (Å²) >= 11 is 1.81. The molecule has 306 valence electrons. The molecule has 0 unspecified atom stereocenters. The molecule has 0 spiro atoms. The number of hydrogen-bond donors (Lipinski definition) is 0. The van der Waals surface area contributed by atoms with Gasteiger partial charge < -0.3 is 8.98 Å². The molecule has 66 heavy (non-hydrogen) atoms. The van der Waals surface area contributed by atoms with Crippen LogP contribution >= 0.6 is 11.3 Å². The largest absolute Gasteiger partial charge is 0.454 e. The first-order valence-electron chi connectivity index (χ1n) is 22.2. The van der Waals surface area contributed by atoms with Gasteiger partial charge in [0.05, 0.1) is 22.1 Å². The van der Waals surface area contributed by atoms with Crippen LogP contribution in [0, 0.1) is 0 Å². The van der Waals surface area contributed by atoms with E-state index in [4.69, 9.17) is 19.4 Å². The Morgan fingerprint density at radius 1 is 0.379 bits per heavy atom. The summed E-state index contributed by atoms with van der Waals surface area (Å²) in [5.41, 5.74) is 8.39. The van der Waals surface area contributed by atoms with E-state index < -0.39 is 0 Å². The van der Waals surface area contributed by atoms with Gasteiger partial charge in [0.15, 0.2) is 17.2 Å². The zero-order valence-electron chi connectivity index (χ0n) is 35.1. The maximum Gasteiger partial charge on any atom is 0.238 e. The van der Waals surface area contributed by atoms with Crippen molar-refractivity contribution in [2.75, 3.05) is 0 Å². The summed E-state index contributed by atoms with van der Waals surface area (Å²) in [7, 11) is 0. The summed E-state index contributed by atoms with van der Waals surface area (Å²) < 4.78 is 14.2. The van der Waals surface area contributed by atoms with Crippen LogP contribution in [-0.4, -0.2) is 24.1 Å². The van der Waals surface area contributed by atoms with Crippen LogP contribution in [0.1, 0.15) is 0 Å². The molecule has 0 saturated carbocycles. The minimum Gasteiger partial charge on any atom is -0.454 e. The third kappa shape index (κ3) is 5.03. The average Bonchev–Trinajstić information content (AvgIpc) is 4.13. The fourth-order valence-electron chi connectivity index (χ4n) is 10.6. The Hall–Kier alpha value is -8.65. The first kappa shape index (κ1) is 35.8. The highest BCUT2D eigenvalue weighted by Gasteiger charge is 2.26. The van der Waals surface area contributed by atoms with Crippen LogP contribution in [-0.2, 0) is 0 Å². The van der Waals surface area contributed by atoms with Crippen molar-refractivity contribution >= 4 is 119 Å². The molecule has 0 fully saturated rings. The number of para-hydroxylation sites is 3. The van der Waals surface area contributed by atoms with Crippen molar-refractivity contribution in [3.05, 3.63) is 200 Å². The smallest absolute Gasteiger partial charge is 0.238 e. The Balaban J connectivity index is 1.10. The number of nitrogens with zero attached hydrogens (tertiary/aromatic N) is 5. The quantitative estimate of drug-likeness (QED) is 0.177. The van der Waals surface area contributed by atoms with Crippen molar-refractivity contribution in [3.63, 3.8) is 0 Å². The third-order valence-electron chi connectivity index (χ3n) is 13.5. The number of furan rings is 1. The molecule has 10 aromatic carbocycles. The summed E-state index contributed by atoms with van der Waals surface area (Å²) in [6, 6.07) is 71.3. The molecule has 0 aliphatic heterocycles. The molecule has 15 aromatic rings. The number of hydrogen-bond acceptors (Lipinski definition) is 5. The van der Waals surface area contributed by atoms with Crippen LogP contribution in [0.3, 0.4) is 0 Å². The Bertz CT molecular complexity index is 4500. The zero-order chi connectivity index (χ0) is 43.0. The van der Waals surface area contributed by atoms with E-state index in [1.54, 1.807) is 11.3 Å². The van der Waals surface area contributed by atoms with Crippen LogP contribution in [0.4, 0.5) is 0 Å². The molecule has 5 heterocycles. The normalized spacial score (nSPS) is 12.2. The lowest BCUT2D eigenvalue weighted by Crippen LogP contribution is -2.08. The van der Waals surface area contributed by atoms with Crippen molar-refractivity contribution < 1.29 is 4.42 Å². The molecule has 0 amide bonds. The van der Waals surface area contributed by atoms with E-state index in [1.165, 1.54) is 25.6 Å². The number of rotatable bonds is 4. The Morgan fingerprint density at radius 3 is 1.76 bits per heavy atom. The fourth-order valence-corrected chi connectivity index (χ4v) is 11.7. The first-order valence-corrected chi connectivity index (χ1v) is 23.0. The Labute approximate surface area is 379 Å². The van der Waals surface area contributed by atoms with E-state index in [-0.39, 0.29) is 0 Å². The lowest BCUT2D eigenvalue weighted by Gasteiger charge is -2.16. The van der Waals surface area contributed by atoms with Gasteiger partial charge in [0, 0.05) is 63.6 Å². The molecule has 0 saturated heterocycles. The van der Waals surface area contributed by atoms with Crippen LogP contribution in [0.5, 0.6) is 0 Å². The van der Waals surface area contributed by atoms with Crippen LogP contribution < -0.4 is 0 Å². The molecule has 0 aliphatic carbocycles. The summed E-state index contributed by atoms with van der Waals surface area (Å²) in [5, 5.41) is 13.8. The van der Waals surface area contributed by atoms with Crippen LogP contribution in [0.2, 0.25) is 0 Å². The minimum atomic E-state index is 0.539. The predicted molar refractivity (Wildman–Crippen MR) is 275 cm³/mol. The van der Waals surface area contributed by atoms with E-state index >= 15 is 0 Å². The molecule has 0 radical (unpaired) electrons. The van der Waals surface area contributed by atoms with E-state index in [0.717, 1.165) is 98.5 Å². The average molecular weight is 860 g/mol. The molecule has 5 aromatic heterocycles. The van der Waals surface area contributed by atoms with Crippen molar-refractivity contribution in [3.8, 4) is 34.4 Å². The van der Waals surface area contributed by atoms with E-state index in [1.807, 2.05) is 0 Å². The van der Waals surface area contributed by atoms with Crippen molar-refractivity contribution in [2.45, 2.75) is 0 Å². The van der Waals surface area contributed by atoms with Gasteiger partial charge in [-0.1, -0.05) is 127 Å². The van der Waals surface area contributed by atoms with Gasteiger partial charge in [-0.15, -0.1) is 11.3 Å². The topological polar surface area (TPSA) is 61.7 Å². The van der Waals surface area contributed by atoms with Crippen LogP contribution in [0.15, 0.2) is 205 Å². The van der Waals surface area contributed by atoms with Gasteiger partial charge in [-0.25, -0.2) is 4.98 Å². The van der Waals surface area contributed by atoms with Gasteiger partial charge in [-0.3, -0.25) is 4.57 Å². The Morgan fingerprint density at radius 2 is 0.985 bits per heavy atom. The standard InChI is InChI=1S/C59H33N5OS/c1-2-15-36-33-50-45(31-35(36)14-1)41-19-7-9-21-47(41)63(50)55-44(28-27-43-54-38-16-4-3-13-34(38)25-29-51(54)65-56(43)55)58-60-57(37-26-30-53-46(32-37)42-20-8-12-24-52(42)66-53)61-59(62-58)64-48-22-10-5-17-39(48)40-18-6-11-23-49(40)64/h1-33H. The maximum atomic E-state index is 7.18. The highest BCUT2D eigenvalue weighted by Crippen LogP contribution is 2.45. The van der Waals surface area contributed by atoms with Crippen molar-refractivity contribution in [1.29, 1.82) is 0 Å². The van der Waals surface area contributed by atoms with Gasteiger partial charge in [-0.05, 0) is 94.3 Å². The summed E-state index contributed by atoms with van der Waals surface area (Å²) in [6.07, 6.45) is 0. The second-order valence-electron chi connectivity index (χ2n) is 17.1. The van der Waals surface area contributed by atoms with Gasteiger partial charge in [0.1, 0.15) is 11.3 Å². The summed E-state index contributed by atoms with van der Waals surface area (Å²) in [5.74, 6) is 1.67. The maximum absolute atomic E-state index is 7.18. The molecule has 0 N–H and O–H groups in total. The van der Waals surface area contributed by atoms with Crippen LogP contribution in [0.25, 0.3) is 142 Å². The molecule has 0 bridgehead atoms. The Kier molecular flexibility index (Phi) is 7.28. The third-order valence-corrected chi connectivity index (χ3v) is 14.7. The van der Waals surface area contributed by atoms with Gasteiger partial charge in [0.25, 0.3) is 0 Å². The highest BCUT2D eigenvalue weighted by molar-refractivity contribution is 7.25. The van der Waals surface area contributed by atoms with E-state index in [0.29, 0.717) is 17.6 Å². The first-order chi connectivity index (χ1) is 32.7. The second-order valence-corrected chi connectivity index (χ2v) is 18.2. The van der Waals surface area contributed by atoms with Gasteiger partial charge in [0.2, 0.25) is 5.95 Å². The van der Waals surface area contributed by atoms with Crippen molar-refractivity contribution in [2.24, 2.45) is 0 Å². The molecular formula is C59H33N5OS.